The van der Waals surface area contributed by atoms with Crippen LogP contribution in [0.1, 0.15) is 28.8 Å². The van der Waals surface area contributed by atoms with Gasteiger partial charge in [0.1, 0.15) is 18.2 Å². The molecule has 7 nitrogen and oxygen atoms in total. The maximum absolute atomic E-state index is 15.4. The second kappa shape index (κ2) is 10.1. The van der Waals surface area contributed by atoms with E-state index in [0.717, 1.165) is 15.2 Å². The van der Waals surface area contributed by atoms with Gasteiger partial charge in [-0.25, -0.2) is 9.18 Å². The molecule has 11 heteroatoms. The third-order valence-electron chi connectivity index (χ3n) is 6.70. The molecule has 2 atom stereocenters. The number of hydrogen-bond acceptors (Lipinski definition) is 5. The smallest absolute Gasteiger partial charge is 0.416 e. The van der Waals surface area contributed by atoms with Crippen molar-refractivity contribution in [3.63, 3.8) is 0 Å². The SMILES string of the molecule is COc1cccc(-c2c3n(c(=O)n(CC(N)c4ccccc4)c2=O)C(c2ccccc2C(F)(F)F)CO3)c1F. The third kappa shape index (κ3) is 4.59. The summed E-state index contributed by atoms with van der Waals surface area (Å²) < 4.78 is 69.6. The van der Waals surface area contributed by atoms with Crippen LogP contribution in [0.25, 0.3) is 11.1 Å². The second-order valence-electron chi connectivity index (χ2n) is 9.00. The largest absolute Gasteiger partial charge is 0.494 e. The van der Waals surface area contributed by atoms with Gasteiger partial charge in [0.05, 0.1) is 19.2 Å². The molecule has 4 aromatic rings. The lowest BCUT2D eigenvalue weighted by atomic mass is 10.00. The Morgan fingerprint density at radius 3 is 2.41 bits per heavy atom. The number of rotatable bonds is 6. The summed E-state index contributed by atoms with van der Waals surface area (Å²) >= 11 is 0. The third-order valence-corrected chi connectivity index (χ3v) is 6.70. The van der Waals surface area contributed by atoms with Gasteiger partial charge in [0.2, 0.25) is 5.88 Å². The highest BCUT2D eigenvalue weighted by Gasteiger charge is 2.40. The Kier molecular flexibility index (Phi) is 6.77. The molecular formula is C28H23F4N3O4. The number of aromatic nitrogens is 2. The van der Waals surface area contributed by atoms with Crippen LogP contribution in [-0.2, 0) is 12.7 Å². The van der Waals surface area contributed by atoms with Crippen LogP contribution in [-0.4, -0.2) is 22.9 Å². The van der Waals surface area contributed by atoms with E-state index in [0.29, 0.717) is 5.56 Å². The Bertz CT molecular complexity index is 1650. The summed E-state index contributed by atoms with van der Waals surface area (Å²) in [5.41, 5.74) is 3.40. The molecule has 0 saturated heterocycles. The van der Waals surface area contributed by atoms with E-state index in [1.807, 2.05) is 0 Å². The van der Waals surface area contributed by atoms with Crippen LogP contribution in [0.5, 0.6) is 11.6 Å². The number of hydrogen-bond donors (Lipinski definition) is 1. The molecule has 0 saturated carbocycles. The lowest BCUT2D eigenvalue weighted by molar-refractivity contribution is -0.138. The van der Waals surface area contributed by atoms with Crippen molar-refractivity contribution in [3.05, 3.63) is 116 Å². The van der Waals surface area contributed by atoms with Crippen LogP contribution in [0.3, 0.4) is 0 Å². The van der Waals surface area contributed by atoms with E-state index in [9.17, 15) is 22.8 Å². The van der Waals surface area contributed by atoms with Gasteiger partial charge in [0.15, 0.2) is 11.6 Å². The first kappa shape index (κ1) is 26.2. The fraction of sp³-hybridized carbons (Fsp3) is 0.214. The van der Waals surface area contributed by atoms with Crippen molar-refractivity contribution in [1.82, 2.24) is 9.13 Å². The molecule has 3 aromatic carbocycles. The summed E-state index contributed by atoms with van der Waals surface area (Å²) in [6.07, 6.45) is -4.71. The molecule has 202 valence electrons. The molecule has 0 bridgehead atoms. The summed E-state index contributed by atoms with van der Waals surface area (Å²) in [7, 11) is 1.25. The van der Waals surface area contributed by atoms with Crippen molar-refractivity contribution < 1.29 is 27.0 Å². The molecule has 39 heavy (non-hydrogen) atoms. The van der Waals surface area contributed by atoms with E-state index in [4.69, 9.17) is 15.2 Å². The number of benzene rings is 3. The van der Waals surface area contributed by atoms with Crippen molar-refractivity contribution in [1.29, 1.82) is 0 Å². The van der Waals surface area contributed by atoms with E-state index in [1.165, 1.54) is 43.5 Å². The zero-order valence-corrected chi connectivity index (χ0v) is 20.6. The predicted octanol–water partition coefficient (Wildman–Crippen LogP) is 4.53. The first-order chi connectivity index (χ1) is 18.6. The molecule has 2 heterocycles. The second-order valence-corrected chi connectivity index (χ2v) is 9.00. The topological polar surface area (TPSA) is 88.5 Å². The number of methoxy groups -OCH3 is 1. The summed E-state index contributed by atoms with van der Waals surface area (Å²) in [5.74, 6) is -1.38. The number of nitrogens with two attached hydrogens (primary N) is 1. The Morgan fingerprint density at radius 1 is 1.03 bits per heavy atom. The molecule has 0 amide bonds. The van der Waals surface area contributed by atoms with Gasteiger partial charge in [-0.1, -0.05) is 60.7 Å². The number of nitrogens with zero attached hydrogens (tertiary/aromatic N) is 2. The van der Waals surface area contributed by atoms with Gasteiger partial charge < -0.3 is 15.2 Å². The van der Waals surface area contributed by atoms with Crippen LogP contribution in [0, 0.1) is 5.82 Å². The number of alkyl halides is 3. The highest BCUT2D eigenvalue weighted by atomic mass is 19.4. The van der Waals surface area contributed by atoms with Crippen molar-refractivity contribution in [2.24, 2.45) is 5.73 Å². The lowest BCUT2D eigenvalue weighted by Crippen LogP contribution is -2.43. The molecule has 1 aliphatic rings. The highest BCUT2D eigenvalue weighted by molar-refractivity contribution is 5.70. The van der Waals surface area contributed by atoms with Crippen molar-refractivity contribution in [3.8, 4) is 22.8 Å². The number of halogens is 4. The monoisotopic (exact) mass is 541 g/mol. The van der Waals surface area contributed by atoms with Gasteiger partial charge in [-0.2, -0.15) is 13.2 Å². The minimum atomic E-state index is -4.71. The lowest BCUT2D eigenvalue weighted by Gasteiger charge is -2.21. The minimum absolute atomic E-state index is 0.165. The molecule has 2 unspecified atom stereocenters. The fourth-order valence-corrected chi connectivity index (χ4v) is 4.83. The average Bonchev–Trinajstić information content (AvgIpc) is 3.37. The number of fused-ring (bicyclic) bond motifs is 1. The highest BCUT2D eigenvalue weighted by Crippen LogP contribution is 2.41. The van der Waals surface area contributed by atoms with Crippen LogP contribution >= 0.6 is 0 Å². The maximum atomic E-state index is 15.4. The van der Waals surface area contributed by atoms with E-state index < -0.39 is 40.9 Å². The summed E-state index contributed by atoms with van der Waals surface area (Å²) in [6, 6.07) is 15.5. The summed E-state index contributed by atoms with van der Waals surface area (Å²) in [5, 5.41) is 0. The Labute approximate surface area is 219 Å². The van der Waals surface area contributed by atoms with E-state index in [2.05, 4.69) is 0 Å². The molecule has 1 aromatic heterocycles. The van der Waals surface area contributed by atoms with Gasteiger partial charge in [-0.05, 0) is 23.3 Å². The molecule has 0 spiro atoms. The van der Waals surface area contributed by atoms with Gasteiger partial charge in [0, 0.05) is 11.6 Å². The average molecular weight is 542 g/mol. The molecule has 5 rings (SSSR count). The van der Waals surface area contributed by atoms with Crippen molar-refractivity contribution in [2.75, 3.05) is 13.7 Å². The van der Waals surface area contributed by atoms with Crippen molar-refractivity contribution >= 4 is 0 Å². The van der Waals surface area contributed by atoms with E-state index in [1.54, 1.807) is 30.3 Å². The summed E-state index contributed by atoms with van der Waals surface area (Å²) in [6.45, 7) is -0.691. The Balaban J connectivity index is 1.78. The molecular weight excluding hydrogens is 518 g/mol. The van der Waals surface area contributed by atoms with Crippen LogP contribution in [0.4, 0.5) is 17.6 Å². The van der Waals surface area contributed by atoms with E-state index in [-0.39, 0.29) is 41.5 Å². The molecule has 1 aliphatic heterocycles. The molecule has 2 N–H and O–H groups in total. The summed E-state index contributed by atoms with van der Waals surface area (Å²) in [4.78, 5) is 27.5. The van der Waals surface area contributed by atoms with Crippen LogP contribution < -0.4 is 26.5 Å². The van der Waals surface area contributed by atoms with Gasteiger partial charge >= 0.3 is 11.9 Å². The first-order valence-electron chi connectivity index (χ1n) is 11.9. The van der Waals surface area contributed by atoms with Gasteiger partial charge in [0.25, 0.3) is 5.56 Å². The maximum Gasteiger partial charge on any atom is 0.416 e. The minimum Gasteiger partial charge on any atom is -0.494 e. The quantitative estimate of drug-likeness (QED) is 0.363. The fourth-order valence-electron chi connectivity index (χ4n) is 4.83. The van der Waals surface area contributed by atoms with Gasteiger partial charge in [-0.3, -0.25) is 13.9 Å². The Hall–Kier alpha value is -4.38. The molecule has 0 aliphatic carbocycles. The number of ether oxygens (including phenoxy) is 2. The van der Waals surface area contributed by atoms with Crippen LogP contribution in [0.2, 0.25) is 0 Å². The zero-order chi connectivity index (χ0) is 27.9. The Morgan fingerprint density at radius 2 is 1.72 bits per heavy atom. The van der Waals surface area contributed by atoms with Gasteiger partial charge in [-0.15, -0.1) is 0 Å². The van der Waals surface area contributed by atoms with Crippen molar-refractivity contribution in [2.45, 2.75) is 24.8 Å². The first-order valence-corrected chi connectivity index (χ1v) is 11.9. The van der Waals surface area contributed by atoms with Crippen LogP contribution in [0.15, 0.2) is 82.4 Å². The zero-order valence-electron chi connectivity index (χ0n) is 20.6. The normalized spacial score (nSPS) is 15.5. The van der Waals surface area contributed by atoms with E-state index >= 15 is 4.39 Å². The standard InChI is InChI=1S/C28H23F4N3O4/c1-38-22-13-7-11-18(24(22)29)23-25(36)34(14-20(33)16-8-3-2-4-9-16)27(37)35-21(15-39-26(23)35)17-10-5-6-12-19(17)28(30,31)32/h2-13,20-21H,14-15,33H2,1H3. The predicted molar refractivity (Wildman–Crippen MR) is 135 cm³/mol. The molecule has 0 fully saturated rings. The molecule has 0 radical (unpaired) electrons.